The molecule has 0 aliphatic heterocycles. The molecule has 0 aromatic heterocycles. The molecular weight excluding hydrogens is 280 g/mol. The lowest BCUT2D eigenvalue weighted by molar-refractivity contribution is 0.0693. The minimum atomic E-state index is -1.04. The summed E-state index contributed by atoms with van der Waals surface area (Å²) in [6, 6.07) is 12.0. The molecule has 104 valence electrons. The van der Waals surface area contributed by atoms with Crippen molar-refractivity contribution in [3.63, 3.8) is 0 Å². The van der Waals surface area contributed by atoms with Crippen LogP contribution in [0, 0.1) is 0 Å². The van der Waals surface area contributed by atoms with Crippen LogP contribution in [0.1, 0.15) is 15.9 Å². The summed E-state index contributed by atoms with van der Waals surface area (Å²) < 4.78 is 10.6. The van der Waals surface area contributed by atoms with Crippen LogP contribution in [-0.4, -0.2) is 18.2 Å². The molecule has 0 radical (unpaired) electrons. The van der Waals surface area contributed by atoms with Crippen LogP contribution in [0.3, 0.4) is 0 Å². The maximum Gasteiger partial charge on any atom is 0.339 e. The van der Waals surface area contributed by atoms with Gasteiger partial charge in [0.15, 0.2) is 0 Å². The van der Waals surface area contributed by atoms with E-state index in [1.165, 1.54) is 13.2 Å². The fourth-order valence-corrected chi connectivity index (χ4v) is 1.93. The van der Waals surface area contributed by atoms with Gasteiger partial charge >= 0.3 is 5.97 Å². The van der Waals surface area contributed by atoms with E-state index in [9.17, 15) is 4.79 Å². The molecule has 2 aromatic rings. The average Bonchev–Trinajstić information content (AvgIpc) is 2.46. The number of hydrogen-bond donors (Lipinski definition) is 1. The Bertz CT molecular complexity index is 625. The third kappa shape index (κ3) is 3.22. The maximum absolute atomic E-state index is 11.1. The summed E-state index contributed by atoms with van der Waals surface area (Å²) in [5.41, 5.74) is 0.830. The first-order valence-corrected chi connectivity index (χ1v) is 6.27. The average molecular weight is 293 g/mol. The maximum atomic E-state index is 11.1. The van der Waals surface area contributed by atoms with Gasteiger partial charge in [0.1, 0.15) is 23.7 Å². The normalized spacial score (nSPS) is 10.1. The lowest BCUT2D eigenvalue weighted by atomic mass is 10.1. The van der Waals surface area contributed by atoms with Crippen molar-refractivity contribution in [2.75, 3.05) is 7.11 Å². The van der Waals surface area contributed by atoms with Crippen LogP contribution in [0.2, 0.25) is 5.02 Å². The van der Waals surface area contributed by atoms with Crippen molar-refractivity contribution < 1.29 is 19.4 Å². The van der Waals surface area contributed by atoms with Gasteiger partial charge in [0, 0.05) is 0 Å². The van der Waals surface area contributed by atoms with E-state index in [2.05, 4.69) is 0 Å². The van der Waals surface area contributed by atoms with Gasteiger partial charge in [-0.2, -0.15) is 0 Å². The van der Waals surface area contributed by atoms with Crippen LogP contribution >= 0.6 is 11.6 Å². The Hall–Kier alpha value is -2.20. The second-order valence-corrected chi connectivity index (χ2v) is 4.47. The van der Waals surface area contributed by atoms with Crippen molar-refractivity contribution in [2.45, 2.75) is 6.61 Å². The molecule has 0 saturated heterocycles. The molecule has 4 nitrogen and oxygen atoms in total. The van der Waals surface area contributed by atoms with Gasteiger partial charge in [-0.15, -0.1) is 0 Å². The fourth-order valence-electron chi connectivity index (χ4n) is 1.73. The summed E-state index contributed by atoms with van der Waals surface area (Å²) in [4.78, 5) is 11.1. The highest BCUT2D eigenvalue weighted by Crippen LogP contribution is 2.25. The van der Waals surface area contributed by atoms with Crippen molar-refractivity contribution in [3.8, 4) is 11.5 Å². The Labute approximate surface area is 121 Å². The SMILES string of the molecule is COc1ccc(COc2ccccc2Cl)cc1C(=O)O. The van der Waals surface area contributed by atoms with E-state index in [0.717, 1.165) is 5.56 Å². The van der Waals surface area contributed by atoms with Gasteiger partial charge < -0.3 is 14.6 Å². The molecule has 0 atom stereocenters. The minimum absolute atomic E-state index is 0.104. The third-order valence-corrected chi connectivity index (χ3v) is 3.04. The monoisotopic (exact) mass is 292 g/mol. The van der Waals surface area contributed by atoms with Crippen LogP contribution in [0.15, 0.2) is 42.5 Å². The van der Waals surface area contributed by atoms with E-state index in [1.54, 1.807) is 24.3 Å². The summed E-state index contributed by atoms with van der Waals surface area (Å²) in [5, 5.41) is 9.62. The zero-order valence-corrected chi connectivity index (χ0v) is 11.6. The van der Waals surface area contributed by atoms with Crippen molar-refractivity contribution >= 4 is 17.6 Å². The summed E-state index contributed by atoms with van der Waals surface area (Å²) in [5.74, 6) is -0.165. The summed E-state index contributed by atoms with van der Waals surface area (Å²) in [7, 11) is 1.43. The molecule has 0 bridgehead atoms. The van der Waals surface area contributed by atoms with Crippen molar-refractivity contribution in [1.82, 2.24) is 0 Å². The van der Waals surface area contributed by atoms with Crippen LogP contribution in [0.5, 0.6) is 11.5 Å². The molecule has 5 heteroatoms. The molecule has 0 spiro atoms. The van der Waals surface area contributed by atoms with Gasteiger partial charge in [0.05, 0.1) is 12.1 Å². The minimum Gasteiger partial charge on any atom is -0.496 e. The lowest BCUT2D eigenvalue weighted by Crippen LogP contribution is -2.03. The number of ether oxygens (including phenoxy) is 2. The van der Waals surface area contributed by atoms with Crippen LogP contribution < -0.4 is 9.47 Å². The third-order valence-electron chi connectivity index (χ3n) is 2.73. The number of methoxy groups -OCH3 is 1. The Morgan fingerprint density at radius 1 is 1.20 bits per heavy atom. The Balaban J connectivity index is 2.16. The second-order valence-electron chi connectivity index (χ2n) is 4.06. The highest BCUT2D eigenvalue weighted by Gasteiger charge is 2.12. The number of hydrogen-bond acceptors (Lipinski definition) is 3. The molecule has 0 saturated carbocycles. The van der Waals surface area contributed by atoms with Crippen LogP contribution in [-0.2, 0) is 6.61 Å². The predicted molar refractivity (Wildman–Crippen MR) is 75.7 cm³/mol. The quantitative estimate of drug-likeness (QED) is 0.914. The van der Waals surface area contributed by atoms with Crippen molar-refractivity contribution in [2.24, 2.45) is 0 Å². The molecular formula is C15H13ClO4. The van der Waals surface area contributed by atoms with Gasteiger partial charge in [0.25, 0.3) is 0 Å². The zero-order valence-electron chi connectivity index (χ0n) is 10.8. The number of benzene rings is 2. The van der Waals surface area contributed by atoms with E-state index in [1.807, 2.05) is 12.1 Å². The lowest BCUT2D eigenvalue weighted by Gasteiger charge is -2.10. The van der Waals surface area contributed by atoms with E-state index < -0.39 is 5.97 Å². The largest absolute Gasteiger partial charge is 0.496 e. The van der Waals surface area contributed by atoms with Crippen LogP contribution in [0.4, 0.5) is 0 Å². The molecule has 0 fully saturated rings. The molecule has 0 aliphatic carbocycles. The van der Waals surface area contributed by atoms with Gasteiger partial charge in [0.2, 0.25) is 0 Å². The van der Waals surface area contributed by atoms with Gasteiger partial charge in [-0.05, 0) is 29.8 Å². The summed E-state index contributed by atoms with van der Waals surface area (Å²) in [6.07, 6.45) is 0. The summed E-state index contributed by atoms with van der Waals surface area (Å²) >= 11 is 5.98. The Morgan fingerprint density at radius 2 is 1.95 bits per heavy atom. The topological polar surface area (TPSA) is 55.8 Å². The first-order valence-electron chi connectivity index (χ1n) is 5.89. The van der Waals surface area contributed by atoms with E-state index in [4.69, 9.17) is 26.2 Å². The van der Waals surface area contributed by atoms with E-state index in [0.29, 0.717) is 16.5 Å². The van der Waals surface area contributed by atoms with Crippen molar-refractivity contribution in [1.29, 1.82) is 0 Å². The molecule has 0 unspecified atom stereocenters. The molecule has 0 aliphatic rings. The fraction of sp³-hybridized carbons (Fsp3) is 0.133. The number of carboxylic acids is 1. The van der Waals surface area contributed by atoms with E-state index >= 15 is 0 Å². The molecule has 2 rings (SSSR count). The van der Waals surface area contributed by atoms with Crippen LogP contribution in [0.25, 0.3) is 0 Å². The number of halogens is 1. The molecule has 20 heavy (non-hydrogen) atoms. The molecule has 1 N–H and O–H groups in total. The highest BCUT2D eigenvalue weighted by molar-refractivity contribution is 6.32. The van der Waals surface area contributed by atoms with Gasteiger partial charge in [-0.25, -0.2) is 4.79 Å². The number of carbonyl (C=O) groups is 1. The Kier molecular flexibility index (Phi) is 4.48. The highest BCUT2D eigenvalue weighted by atomic mass is 35.5. The second kappa shape index (κ2) is 6.30. The number of para-hydroxylation sites is 1. The Morgan fingerprint density at radius 3 is 2.60 bits per heavy atom. The van der Waals surface area contributed by atoms with Crippen molar-refractivity contribution in [3.05, 3.63) is 58.6 Å². The molecule has 0 amide bonds. The molecule has 0 heterocycles. The number of aromatic carboxylic acids is 1. The predicted octanol–water partition coefficient (Wildman–Crippen LogP) is 3.63. The first-order chi connectivity index (χ1) is 9.61. The smallest absolute Gasteiger partial charge is 0.339 e. The zero-order chi connectivity index (χ0) is 14.5. The summed E-state index contributed by atoms with van der Waals surface area (Å²) in [6.45, 7) is 0.230. The first kappa shape index (κ1) is 14.2. The molecule has 2 aromatic carbocycles. The van der Waals surface area contributed by atoms with Gasteiger partial charge in [-0.1, -0.05) is 29.8 Å². The van der Waals surface area contributed by atoms with E-state index in [-0.39, 0.29) is 12.2 Å². The number of rotatable bonds is 5. The number of carboxylic acid groups (broad SMARTS) is 1. The van der Waals surface area contributed by atoms with Gasteiger partial charge in [-0.3, -0.25) is 0 Å². The standard InChI is InChI=1S/C15H13ClO4/c1-19-13-7-6-10(8-11(13)15(17)18)9-20-14-5-3-2-4-12(14)16/h2-8H,9H2,1H3,(H,17,18).